The fourth-order valence-electron chi connectivity index (χ4n) is 8.25. The monoisotopic (exact) mass is 882 g/mol. The van der Waals surface area contributed by atoms with Gasteiger partial charge in [0.2, 0.25) is 5.91 Å². The molecule has 0 saturated heterocycles. The normalized spacial score (nSPS) is 13.8. The Morgan fingerprint density at radius 2 is 0.698 bits per heavy atom. The second-order valence-electron chi connectivity index (χ2n) is 18.8. The van der Waals surface area contributed by atoms with Crippen LogP contribution in [-0.2, 0) is 4.79 Å². The fraction of sp³-hybridized carbons (Fsp3) is 0.810. The Balaban J connectivity index is 3.53. The van der Waals surface area contributed by atoms with E-state index in [2.05, 4.69) is 67.8 Å². The van der Waals surface area contributed by atoms with E-state index >= 15 is 0 Å². The van der Waals surface area contributed by atoms with Crippen LogP contribution in [0.4, 0.5) is 0 Å². The van der Waals surface area contributed by atoms with E-state index in [0.717, 1.165) is 51.4 Å². The number of amides is 1. The maximum atomic E-state index is 12.5. The molecule has 0 aliphatic carbocycles. The standard InChI is InChI=1S/C58H107NO4/c1-3-5-7-9-11-13-15-17-18-19-20-21-22-23-24-25-26-27-28-29-30-31-32-33-34-35-36-37-38-39-41-43-45-47-49-51-53-57(62)58(63)59-55(54-60)56(61)52-50-48-46-44-42-40-16-14-12-10-8-6-4-2/h12,14,24-25,27-28,42,44,50,52,55-57,60-62H,3-11,13,15-23,26,29-41,43,45-49,51,53-54H2,1-2H3,(H,59,63)/b14-12+,25-24-,28-27-,44-42+,52-50+. The average Bonchev–Trinajstić information content (AvgIpc) is 3.29. The highest BCUT2D eigenvalue weighted by Crippen LogP contribution is 2.16. The Morgan fingerprint density at radius 1 is 0.397 bits per heavy atom. The van der Waals surface area contributed by atoms with Gasteiger partial charge in [0.25, 0.3) is 0 Å². The van der Waals surface area contributed by atoms with Gasteiger partial charge in [0.05, 0.1) is 18.8 Å². The van der Waals surface area contributed by atoms with Crippen molar-refractivity contribution in [3.63, 3.8) is 0 Å². The van der Waals surface area contributed by atoms with Crippen molar-refractivity contribution in [2.75, 3.05) is 6.61 Å². The topological polar surface area (TPSA) is 89.8 Å². The molecule has 0 heterocycles. The Bertz CT molecular complexity index is 1060. The minimum atomic E-state index is -1.11. The first kappa shape index (κ1) is 61.0. The molecule has 0 aromatic heterocycles. The summed E-state index contributed by atoms with van der Waals surface area (Å²) in [6.07, 6.45) is 71.7. The van der Waals surface area contributed by atoms with Gasteiger partial charge in [-0.2, -0.15) is 0 Å². The molecule has 3 unspecified atom stereocenters. The summed E-state index contributed by atoms with van der Waals surface area (Å²) < 4.78 is 0. The van der Waals surface area contributed by atoms with Crippen molar-refractivity contribution in [1.82, 2.24) is 5.32 Å². The highest BCUT2D eigenvalue weighted by atomic mass is 16.3. The molecule has 0 bridgehead atoms. The van der Waals surface area contributed by atoms with E-state index in [0.29, 0.717) is 6.42 Å². The predicted molar refractivity (Wildman–Crippen MR) is 277 cm³/mol. The van der Waals surface area contributed by atoms with Crippen LogP contribution in [0.25, 0.3) is 0 Å². The molecule has 0 aliphatic heterocycles. The van der Waals surface area contributed by atoms with Gasteiger partial charge in [-0.15, -0.1) is 0 Å². The van der Waals surface area contributed by atoms with Crippen LogP contribution in [0.2, 0.25) is 0 Å². The molecule has 368 valence electrons. The molecule has 5 heteroatoms. The van der Waals surface area contributed by atoms with Crippen molar-refractivity contribution in [2.45, 2.75) is 295 Å². The van der Waals surface area contributed by atoms with Crippen molar-refractivity contribution in [2.24, 2.45) is 0 Å². The number of hydrogen-bond donors (Lipinski definition) is 4. The highest BCUT2D eigenvalue weighted by Gasteiger charge is 2.22. The van der Waals surface area contributed by atoms with Gasteiger partial charge in [0.15, 0.2) is 0 Å². The first-order valence-corrected chi connectivity index (χ1v) is 27.6. The van der Waals surface area contributed by atoms with Crippen LogP contribution in [0.3, 0.4) is 0 Å². The SMILES string of the molecule is CCCCC/C=C/CC/C=C/CC/C=C/C(O)C(CO)NC(=O)C(O)CCCCCCCCCCCCCCCCCC/C=C\C/C=C\CCCCCCCCCCCCCCC. The molecule has 5 nitrogen and oxygen atoms in total. The first-order valence-electron chi connectivity index (χ1n) is 27.6. The van der Waals surface area contributed by atoms with Crippen molar-refractivity contribution in [3.05, 3.63) is 60.8 Å². The number of aliphatic hydroxyl groups is 3. The minimum absolute atomic E-state index is 0.382. The number of unbranched alkanes of at least 4 members (excludes halogenated alkanes) is 34. The van der Waals surface area contributed by atoms with Crippen LogP contribution < -0.4 is 5.32 Å². The fourth-order valence-corrected chi connectivity index (χ4v) is 8.25. The van der Waals surface area contributed by atoms with E-state index < -0.39 is 24.2 Å². The number of nitrogens with one attached hydrogen (secondary N) is 1. The third kappa shape index (κ3) is 47.8. The van der Waals surface area contributed by atoms with Gasteiger partial charge in [-0.3, -0.25) is 4.79 Å². The lowest BCUT2D eigenvalue weighted by atomic mass is 10.0. The predicted octanol–water partition coefficient (Wildman–Crippen LogP) is 17.0. The molecule has 0 saturated carbocycles. The van der Waals surface area contributed by atoms with Crippen molar-refractivity contribution in [3.8, 4) is 0 Å². The third-order valence-corrected chi connectivity index (χ3v) is 12.6. The summed E-state index contributed by atoms with van der Waals surface area (Å²) in [6, 6.07) is -0.822. The molecule has 0 aromatic rings. The van der Waals surface area contributed by atoms with E-state index in [4.69, 9.17) is 0 Å². The molecule has 0 aliphatic rings. The first-order chi connectivity index (χ1) is 31.1. The Morgan fingerprint density at radius 3 is 1.10 bits per heavy atom. The Hall–Kier alpha value is -1.95. The summed E-state index contributed by atoms with van der Waals surface area (Å²) in [5.41, 5.74) is 0. The Labute approximate surface area is 392 Å². The summed E-state index contributed by atoms with van der Waals surface area (Å²) in [5.74, 6) is -0.518. The van der Waals surface area contributed by atoms with Crippen LogP contribution >= 0.6 is 0 Å². The van der Waals surface area contributed by atoms with Crippen molar-refractivity contribution in [1.29, 1.82) is 0 Å². The maximum Gasteiger partial charge on any atom is 0.249 e. The van der Waals surface area contributed by atoms with Crippen LogP contribution in [0.5, 0.6) is 0 Å². The molecule has 1 amide bonds. The van der Waals surface area contributed by atoms with Crippen LogP contribution in [0.15, 0.2) is 60.8 Å². The molecule has 63 heavy (non-hydrogen) atoms. The zero-order valence-corrected chi connectivity index (χ0v) is 42.0. The number of rotatable bonds is 50. The third-order valence-electron chi connectivity index (χ3n) is 12.6. The summed E-state index contributed by atoms with van der Waals surface area (Å²) >= 11 is 0. The minimum Gasteiger partial charge on any atom is -0.394 e. The number of carbonyl (C=O) groups is 1. The smallest absolute Gasteiger partial charge is 0.249 e. The summed E-state index contributed by atoms with van der Waals surface area (Å²) in [5, 5.41) is 33.2. The van der Waals surface area contributed by atoms with Crippen LogP contribution in [0, 0.1) is 0 Å². The zero-order valence-electron chi connectivity index (χ0n) is 42.0. The van der Waals surface area contributed by atoms with Crippen molar-refractivity contribution >= 4 is 5.91 Å². The summed E-state index contributed by atoms with van der Waals surface area (Å²) in [6.45, 7) is 4.14. The second kappa shape index (κ2) is 52.7. The van der Waals surface area contributed by atoms with Gasteiger partial charge in [0.1, 0.15) is 6.10 Å². The molecule has 0 rings (SSSR count). The van der Waals surface area contributed by atoms with Crippen molar-refractivity contribution < 1.29 is 20.1 Å². The van der Waals surface area contributed by atoms with E-state index in [1.54, 1.807) is 6.08 Å². The molecular formula is C58H107NO4. The molecular weight excluding hydrogens is 775 g/mol. The number of hydrogen-bond acceptors (Lipinski definition) is 4. The number of aliphatic hydroxyl groups excluding tert-OH is 3. The zero-order chi connectivity index (χ0) is 45.8. The lowest BCUT2D eigenvalue weighted by Gasteiger charge is -2.21. The van der Waals surface area contributed by atoms with E-state index in [1.807, 2.05) is 6.08 Å². The van der Waals surface area contributed by atoms with Gasteiger partial charge < -0.3 is 20.6 Å². The molecule has 4 N–H and O–H groups in total. The lowest BCUT2D eigenvalue weighted by molar-refractivity contribution is -0.131. The van der Waals surface area contributed by atoms with Crippen LogP contribution in [0.1, 0.15) is 277 Å². The van der Waals surface area contributed by atoms with E-state index in [9.17, 15) is 20.1 Å². The second-order valence-corrected chi connectivity index (χ2v) is 18.8. The van der Waals surface area contributed by atoms with Gasteiger partial charge >= 0.3 is 0 Å². The maximum absolute atomic E-state index is 12.5. The van der Waals surface area contributed by atoms with E-state index in [1.165, 1.54) is 205 Å². The van der Waals surface area contributed by atoms with Gasteiger partial charge in [0, 0.05) is 0 Å². The molecule has 0 spiro atoms. The Kier molecular flexibility index (Phi) is 51.0. The van der Waals surface area contributed by atoms with E-state index in [-0.39, 0.29) is 6.61 Å². The van der Waals surface area contributed by atoms with Gasteiger partial charge in [-0.25, -0.2) is 0 Å². The summed E-state index contributed by atoms with van der Waals surface area (Å²) in [4.78, 5) is 12.5. The van der Waals surface area contributed by atoms with Crippen LogP contribution in [-0.4, -0.2) is 46.1 Å². The average molecular weight is 882 g/mol. The number of carbonyl (C=O) groups excluding carboxylic acids is 1. The molecule has 0 radical (unpaired) electrons. The number of allylic oxidation sites excluding steroid dienone is 9. The molecule has 0 fully saturated rings. The highest BCUT2D eigenvalue weighted by molar-refractivity contribution is 5.80. The largest absolute Gasteiger partial charge is 0.394 e. The quantitative estimate of drug-likeness (QED) is 0.0362. The molecule has 3 atom stereocenters. The van der Waals surface area contributed by atoms with Gasteiger partial charge in [-0.05, 0) is 77.0 Å². The summed E-state index contributed by atoms with van der Waals surface area (Å²) in [7, 11) is 0. The lowest BCUT2D eigenvalue weighted by Crippen LogP contribution is -2.48. The van der Waals surface area contributed by atoms with Gasteiger partial charge in [-0.1, -0.05) is 261 Å². The molecule has 0 aromatic carbocycles.